The van der Waals surface area contributed by atoms with E-state index in [1.165, 1.54) is 19.5 Å². The Morgan fingerprint density at radius 3 is 2.29 bits per heavy atom. The van der Waals surface area contributed by atoms with Crippen LogP contribution >= 0.6 is 0 Å². The molecule has 212 valence electrons. The number of H-pyrrole nitrogens is 1. The van der Waals surface area contributed by atoms with Gasteiger partial charge in [-0.15, -0.1) is 0 Å². The number of carbonyl (C=O) groups excluding carboxylic acids is 3. The van der Waals surface area contributed by atoms with E-state index < -0.39 is 5.91 Å². The molecule has 0 radical (unpaired) electrons. The van der Waals surface area contributed by atoms with Crippen molar-refractivity contribution < 1.29 is 28.6 Å². The maximum atomic E-state index is 13.3. The highest BCUT2D eigenvalue weighted by Gasteiger charge is 2.17. The predicted molar refractivity (Wildman–Crippen MR) is 154 cm³/mol. The van der Waals surface area contributed by atoms with E-state index >= 15 is 0 Å². The number of aryl methyl sites for hydroxylation is 1. The molecule has 3 amide bonds. The monoisotopic (exact) mass is 557 g/mol. The number of hydrogen-bond acceptors (Lipinski definition) is 7. The summed E-state index contributed by atoms with van der Waals surface area (Å²) in [4.78, 5) is 45.4. The van der Waals surface area contributed by atoms with Gasteiger partial charge in [0, 0.05) is 30.6 Å². The molecule has 41 heavy (non-hydrogen) atoms. The number of anilines is 2. The number of hydrogen-bond donors (Lipinski definition) is 4. The van der Waals surface area contributed by atoms with E-state index in [0.717, 1.165) is 5.56 Å². The van der Waals surface area contributed by atoms with Crippen molar-refractivity contribution >= 4 is 29.1 Å². The van der Waals surface area contributed by atoms with Crippen LogP contribution in [0.5, 0.6) is 17.2 Å². The molecular formula is C30H31N5O6. The van der Waals surface area contributed by atoms with E-state index in [1.807, 2.05) is 13.0 Å². The van der Waals surface area contributed by atoms with Crippen LogP contribution in [0.4, 0.5) is 11.4 Å². The van der Waals surface area contributed by atoms with E-state index in [-0.39, 0.29) is 24.0 Å². The van der Waals surface area contributed by atoms with Gasteiger partial charge in [-0.3, -0.25) is 19.4 Å². The Bertz CT molecular complexity index is 1520. The van der Waals surface area contributed by atoms with Gasteiger partial charge in [-0.1, -0.05) is 0 Å². The van der Waals surface area contributed by atoms with Crippen LogP contribution in [0.15, 0.2) is 73.2 Å². The van der Waals surface area contributed by atoms with Crippen molar-refractivity contribution in [3.8, 4) is 17.2 Å². The second-order valence-corrected chi connectivity index (χ2v) is 8.91. The van der Waals surface area contributed by atoms with E-state index in [9.17, 15) is 14.4 Å². The fraction of sp³-hybridized carbons (Fsp3) is 0.200. The minimum absolute atomic E-state index is 0.193. The predicted octanol–water partition coefficient (Wildman–Crippen LogP) is 4.44. The van der Waals surface area contributed by atoms with Crippen LogP contribution in [0.25, 0.3) is 0 Å². The van der Waals surface area contributed by atoms with Crippen LogP contribution in [0.2, 0.25) is 0 Å². The minimum Gasteiger partial charge on any atom is -0.497 e. The third kappa shape index (κ3) is 7.41. The molecule has 0 saturated carbocycles. The molecule has 2 aromatic carbocycles. The Labute approximate surface area is 237 Å². The Hall–Kier alpha value is -5.32. The lowest BCUT2D eigenvalue weighted by atomic mass is 10.1. The quantitative estimate of drug-likeness (QED) is 0.189. The number of pyridine rings is 1. The molecule has 0 atom stereocenters. The van der Waals surface area contributed by atoms with Gasteiger partial charge >= 0.3 is 0 Å². The number of aromatic amines is 1. The molecule has 2 heterocycles. The van der Waals surface area contributed by atoms with Gasteiger partial charge in [-0.25, -0.2) is 0 Å². The summed E-state index contributed by atoms with van der Waals surface area (Å²) in [5, 5.41) is 8.45. The fourth-order valence-corrected chi connectivity index (χ4v) is 3.90. The van der Waals surface area contributed by atoms with E-state index in [0.29, 0.717) is 52.8 Å². The first-order chi connectivity index (χ1) is 19.9. The van der Waals surface area contributed by atoms with Gasteiger partial charge in [0.25, 0.3) is 17.7 Å². The topological polar surface area (TPSA) is 144 Å². The van der Waals surface area contributed by atoms with Crippen molar-refractivity contribution in [1.82, 2.24) is 15.3 Å². The summed E-state index contributed by atoms with van der Waals surface area (Å²) in [5.41, 5.74) is 2.75. The summed E-state index contributed by atoms with van der Waals surface area (Å²) >= 11 is 0. The largest absolute Gasteiger partial charge is 0.497 e. The Kier molecular flexibility index (Phi) is 9.55. The van der Waals surface area contributed by atoms with E-state index in [2.05, 4.69) is 25.9 Å². The van der Waals surface area contributed by atoms with Crippen LogP contribution in [0.3, 0.4) is 0 Å². The maximum Gasteiger partial charge on any atom is 0.267 e. The number of rotatable bonds is 12. The zero-order valence-corrected chi connectivity index (χ0v) is 22.9. The second-order valence-electron chi connectivity index (χ2n) is 8.91. The molecule has 0 aliphatic rings. The molecule has 0 fully saturated rings. The summed E-state index contributed by atoms with van der Waals surface area (Å²) < 4.78 is 16.4. The molecular weight excluding hydrogens is 526 g/mol. The molecule has 0 saturated heterocycles. The molecule has 0 spiro atoms. The number of benzene rings is 2. The van der Waals surface area contributed by atoms with Crippen LogP contribution < -0.4 is 30.2 Å². The standard InChI is InChI=1S/C30H31N5O6/c1-19-11-15-32-27(19)30(38)33-13-4-16-41-26-17-22(40-3)9-10-23(26)29(37)34-24-12-14-31-18-25(24)35-28(36)20-5-7-21(39-2)8-6-20/h5-12,14-15,17-18,32H,4,13,16H2,1-3H3,(H,33,38)(H,35,36)(H,31,34,37). The summed E-state index contributed by atoms with van der Waals surface area (Å²) in [7, 11) is 3.07. The van der Waals surface area contributed by atoms with Crippen molar-refractivity contribution in [2.45, 2.75) is 13.3 Å². The summed E-state index contributed by atoms with van der Waals surface area (Å²) in [6.45, 7) is 2.49. The molecule has 0 aliphatic carbocycles. The lowest BCUT2D eigenvalue weighted by Crippen LogP contribution is -2.26. The number of carbonyl (C=O) groups is 3. The lowest BCUT2D eigenvalue weighted by Gasteiger charge is -2.15. The molecule has 0 aliphatic heterocycles. The van der Waals surface area contributed by atoms with Crippen molar-refractivity contribution in [1.29, 1.82) is 0 Å². The summed E-state index contributed by atoms with van der Waals surface area (Å²) in [6, 6.07) is 14.9. The number of methoxy groups -OCH3 is 2. The highest BCUT2D eigenvalue weighted by Crippen LogP contribution is 2.28. The number of ether oxygens (including phenoxy) is 3. The highest BCUT2D eigenvalue weighted by atomic mass is 16.5. The fourth-order valence-electron chi connectivity index (χ4n) is 3.90. The normalized spacial score (nSPS) is 10.4. The van der Waals surface area contributed by atoms with Gasteiger partial charge in [-0.05, 0) is 67.4 Å². The molecule has 11 nitrogen and oxygen atoms in total. The first kappa shape index (κ1) is 28.7. The van der Waals surface area contributed by atoms with Gasteiger partial charge in [-0.2, -0.15) is 0 Å². The smallest absolute Gasteiger partial charge is 0.267 e. The maximum absolute atomic E-state index is 13.3. The average molecular weight is 558 g/mol. The number of nitrogens with zero attached hydrogens (tertiary/aromatic N) is 1. The van der Waals surface area contributed by atoms with Crippen molar-refractivity contribution in [3.63, 3.8) is 0 Å². The molecule has 0 unspecified atom stereocenters. The van der Waals surface area contributed by atoms with Gasteiger partial charge < -0.3 is 35.1 Å². The van der Waals surface area contributed by atoms with Gasteiger partial charge in [0.2, 0.25) is 0 Å². The lowest BCUT2D eigenvalue weighted by molar-refractivity contribution is 0.0945. The van der Waals surface area contributed by atoms with E-state index in [1.54, 1.807) is 61.8 Å². The molecule has 0 bridgehead atoms. The summed E-state index contributed by atoms with van der Waals surface area (Å²) in [5.74, 6) is 0.438. The first-order valence-corrected chi connectivity index (χ1v) is 12.8. The zero-order chi connectivity index (χ0) is 29.2. The first-order valence-electron chi connectivity index (χ1n) is 12.8. The van der Waals surface area contributed by atoms with Gasteiger partial charge in [0.1, 0.15) is 22.9 Å². The van der Waals surface area contributed by atoms with Crippen LogP contribution in [-0.4, -0.2) is 55.1 Å². The van der Waals surface area contributed by atoms with Crippen LogP contribution in [0, 0.1) is 6.92 Å². The average Bonchev–Trinajstić information content (AvgIpc) is 3.43. The van der Waals surface area contributed by atoms with Crippen molar-refractivity contribution in [3.05, 3.63) is 95.6 Å². The molecule has 4 N–H and O–H groups in total. The van der Waals surface area contributed by atoms with E-state index in [4.69, 9.17) is 14.2 Å². The number of nitrogens with one attached hydrogen (secondary N) is 4. The zero-order valence-electron chi connectivity index (χ0n) is 22.9. The van der Waals surface area contributed by atoms with Crippen molar-refractivity contribution in [2.75, 3.05) is 38.0 Å². The Balaban J connectivity index is 1.40. The van der Waals surface area contributed by atoms with Gasteiger partial charge in [0.05, 0.1) is 44.0 Å². The highest BCUT2D eigenvalue weighted by molar-refractivity contribution is 6.10. The molecule has 4 rings (SSSR count). The van der Waals surface area contributed by atoms with Crippen molar-refractivity contribution in [2.24, 2.45) is 0 Å². The molecule has 2 aromatic heterocycles. The third-order valence-corrected chi connectivity index (χ3v) is 6.15. The minimum atomic E-state index is -0.454. The number of amides is 3. The Morgan fingerprint density at radius 1 is 0.854 bits per heavy atom. The van der Waals surface area contributed by atoms with Crippen LogP contribution in [0.1, 0.15) is 43.2 Å². The Morgan fingerprint density at radius 2 is 1.59 bits per heavy atom. The molecule has 11 heteroatoms. The van der Waals surface area contributed by atoms with Gasteiger partial charge in [0.15, 0.2) is 0 Å². The number of aromatic nitrogens is 2. The third-order valence-electron chi connectivity index (χ3n) is 6.15. The summed E-state index contributed by atoms with van der Waals surface area (Å²) in [6.07, 6.45) is 5.18. The van der Waals surface area contributed by atoms with Crippen LogP contribution in [-0.2, 0) is 0 Å². The second kappa shape index (κ2) is 13.7. The molecule has 4 aromatic rings. The SMILES string of the molecule is COc1ccc(C(=O)Nc2cnccc2NC(=O)c2ccc(OC)cc2OCCCNC(=O)c2[nH]ccc2C)cc1.